The van der Waals surface area contributed by atoms with Crippen LogP contribution in [0.4, 0.5) is 11.4 Å². The maximum Gasteiger partial charge on any atom is 0.307 e. The van der Waals surface area contributed by atoms with Crippen molar-refractivity contribution >= 4 is 28.2 Å². The molecular formula is C26H27N3O2. The van der Waals surface area contributed by atoms with Gasteiger partial charge in [0.25, 0.3) is 0 Å². The van der Waals surface area contributed by atoms with Crippen molar-refractivity contribution < 1.29 is 9.90 Å². The van der Waals surface area contributed by atoms with Gasteiger partial charge in [-0.05, 0) is 58.0 Å². The third-order valence-electron chi connectivity index (χ3n) is 5.62. The Morgan fingerprint density at radius 2 is 1.61 bits per heavy atom. The Balaban J connectivity index is 1.79. The van der Waals surface area contributed by atoms with Crippen LogP contribution in [0.1, 0.15) is 36.5 Å². The van der Waals surface area contributed by atoms with Gasteiger partial charge in [-0.15, -0.1) is 0 Å². The van der Waals surface area contributed by atoms with E-state index in [2.05, 4.69) is 48.7 Å². The first kappa shape index (κ1) is 20.5. The molecule has 0 fully saturated rings. The Morgan fingerprint density at radius 1 is 0.935 bits per heavy atom. The summed E-state index contributed by atoms with van der Waals surface area (Å²) in [5, 5.41) is 10.3. The predicted molar refractivity (Wildman–Crippen MR) is 127 cm³/mol. The molecule has 0 radical (unpaired) electrons. The molecule has 0 aliphatic rings. The summed E-state index contributed by atoms with van der Waals surface area (Å²) in [5.41, 5.74) is 19.4. The van der Waals surface area contributed by atoms with Crippen LogP contribution in [-0.4, -0.2) is 15.6 Å². The molecule has 0 atom stereocenters. The molecule has 0 aliphatic carbocycles. The molecule has 0 amide bonds. The van der Waals surface area contributed by atoms with Gasteiger partial charge >= 0.3 is 5.97 Å². The SMILES string of the molecule is CC(C)c1ccc(Cn2cc(CC(=O)O)c3ccc(-c4cc(N)cc(N)c4)cc32)cc1. The maximum atomic E-state index is 11.4. The molecule has 5 nitrogen and oxygen atoms in total. The van der Waals surface area contributed by atoms with Crippen molar-refractivity contribution in [1.29, 1.82) is 0 Å². The molecule has 0 saturated heterocycles. The number of carbonyl (C=O) groups is 1. The minimum Gasteiger partial charge on any atom is -0.481 e. The van der Waals surface area contributed by atoms with E-state index < -0.39 is 5.97 Å². The third-order valence-corrected chi connectivity index (χ3v) is 5.62. The topological polar surface area (TPSA) is 94.3 Å². The zero-order valence-electron chi connectivity index (χ0n) is 17.8. The van der Waals surface area contributed by atoms with Crippen LogP contribution in [0.25, 0.3) is 22.0 Å². The van der Waals surface area contributed by atoms with E-state index in [4.69, 9.17) is 11.5 Å². The highest BCUT2D eigenvalue weighted by Gasteiger charge is 2.13. The van der Waals surface area contributed by atoms with Gasteiger partial charge in [-0.1, -0.05) is 50.2 Å². The quantitative estimate of drug-likeness (QED) is 0.375. The van der Waals surface area contributed by atoms with Gasteiger partial charge in [0.15, 0.2) is 0 Å². The molecule has 5 N–H and O–H groups in total. The summed E-state index contributed by atoms with van der Waals surface area (Å²) in [7, 11) is 0. The van der Waals surface area contributed by atoms with E-state index >= 15 is 0 Å². The Bertz CT molecular complexity index is 1230. The molecule has 31 heavy (non-hydrogen) atoms. The summed E-state index contributed by atoms with van der Waals surface area (Å²) < 4.78 is 2.12. The zero-order valence-corrected chi connectivity index (χ0v) is 17.8. The molecule has 0 saturated carbocycles. The van der Waals surface area contributed by atoms with E-state index in [0.29, 0.717) is 23.8 Å². The maximum absolute atomic E-state index is 11.4. The number of fused-ring (bicyclic) bond motifs is 1. The molecule has 0 aliphatic heterocycles. The van der Waals surface area contributed by atoms with Gasteiger partial charge in [0.05, 0.1) is 6.42 Å². The second-order valence-electron chi connectivity index (χ2n) is 8.37. The van der Waals surface area contributed by atoms with Crippen LogP contribution in [0.2, 0.25) is 0 Å². The number of rotatable bonds is 6. The first-order valence-corrected chi connectivity index (χ1v) is 10.4. The molecule has 0 spiro atoms. The molecule has 1 aromatic heterocycles. The lowest BCUT2D eigenvalue weighted by molar-refractivity contribution is -0.136. The summed E-state index contributed by atoms with van der Waals surface area (Å²) in [6.07, 6.45) is 1.94. The van der Waals surface area contributed by atoms with Crippen LogP contribution >= 0.6 is 0 Å². The summed E-state index contributed by atoms with van der Waals surface area (Å²) in [5.74, 6) is -0.357. The van der Waals surface area contributed by atoms with Crippen LogP contribution in [0.3, 0.4) is 0 Å². The number of nitrogen functional groups attached to an aromatic ring is 2. The second kappa shape index (κ2) is 8.19. The second-order valence-corrected chi connectivity index (χ2v) is 8.37. The monoisotopic (exact) mass is 413 g/mol. The van der Waals surface area contributed by atoms with Crippen molar-refractivity contribution in [2.75, 3.05) is 11.5 Å². The van der Waals surface area contributed by atoms with E-state index in [-0.39, 0.29) is 6.42 Å². The molecule has 1 heterocycles. The Hall–Kier alpha value is -3.73. The van der Waals surface area contributed by atoms with Crippen LogP contribution < -0.4 is 11.5 Å². The highest BCUT2D eigenvalue weighted by molar-refractivity contribution is 5.91. The van der Waals surface area contributed by atoms with Gasteiger partial charge in [-0.3, -0.25) is 4.79 Å². The fraction of sp³-hybridized carbons (Fsp3) is 0.192. The number of hydrogen-bond donors (Lipinski definition) is 3. The number of carboxylic acid groups (broad SMARTS) is 1. The van der Waals surface area contributed by atoms with Crippen LogP contribution in [0, 0.1) is 0 Å². The van der Waals surface area contributed by atoms with Crippen LogP contribution in [0.5, 0.6) is 0 Å². The number of nitrogens with zero attached hydrogens (tertiary/aromatic N) is 1. The first-order chi connectivity index (χ1) is 14.8. The number of nitrogens with two attached hydrogens (primary N) is 2. The number of benzene rings is 3. The van der Waals surface area contributed by atoms with Gasteiger partial charge in [-0.2, -0.15) is 0 Å². The van der Waals surface area contributed by atoms with Crippen molar-refractivity contribution in [3.8, 4) is 11.1 Å². The molecule has 4 rings (SSSR count). The third kappa shape index (κ3) is 4.40. The zero-order chi connectivity index (χ0) is 22.1. The van der Waals surface area contributed by atoms with Crippen LogP contribution in [0.15, 0.2) is 66.9 Å². The molecule has 0 bridgehead atoms. The van der Waals surface area contributed by atoms with Gasteiger partial charge in [-0.25, -0.2) is 0 Å². The fourth-order valence-electron chi connectivity index (χ4n) is 4.03. The van der Waals surface area contributed by atoms with E-state index in [1.54, 1.807) is 6.07 Å². The van der Waals surface area contributed by atoms with Crippen molar-refractivity contribution in [2.45, 2.75) is 32.7 Å². The highest BCUT2D eigenvalue weighted by atomic mass is 16.4. The lowest BCUT2D eigenvalue weighted by Crippen LogP contribution is -2.00. The predicted octanol–water partition coefficient (Wildman–Crippen LogP) is 5.27. The number of aromatic nitrogens is 1. The first-order valence-electron chi connectivity index (χ1n) is 10.4. The minimum absolute atomic E-state index is 0.0135. The van der Waals surface area contributed by atoms with E-state index in [0.717, 1.165) is 27.6 Å². The molecule has 0 unspecified atom stereocenters. The number of carboxylic acids is 1. The molecule has 158 valence electrons. The van der Waals surface area contributed by atoms with E-state index in [9.17, 15) is 9.90 Å². The largest absolute Gasteiger partial charge is 0.481 e. The summed E-state index contributed by atoms with van der Waals surface area (Å²) in [6, 6.07) is 20.2. The van der Waals surface area contributed by atoms with Crippen LogP contribution in [-0.2, 0) is 17.8 Å². The van der Waals surface area contributed by atoms with Crippen molar-refractivity contribution in [3.05, 3.63) is 83.6 Å². The van der Waals surface area contributed by atoms with Gasteiger partial charge in [0.1, 0.15) is 0 Å². The molecule has 5 heteroatoms. The van der Waals surface area contributed by atoms with E-state index in [1.807, 2.05) is 30.5 Å². The Labute approximate surface area is 181 Å². The summed E-state index contributed by atoms with van der Waals surface area (Å²) >= 11 is 0. The lowest BCUT2D eigenvalue weighted by Gasteiger charge is -2.10. The summed E-state index contributed by atoms with van der Waals surface area (Å²) in [6.45, 7) is 5.02. The van der Waals surface area contributed by atoms with Gasteiger partial charge in [0, 0.05) is 35.0 Å². The Morgan fingerprint density at radius 3 is 2.23 bits per heavy atom. The number of anilines is 2. The normalized spacial score (nSPS) is 11.3. The standard InChI is InChI=1S/C26H27N3O2/c1-16(2)18-5-3-17(4-6-18)14-29-15-21(12-26(30)31)24-8-7-19(11-25(24)29)20-9-22(27)13-23(28)10-20/h3-11,13,15-16H,12,14,27-28H2,1-2H3,(H,30,31). The summed E-state index contributed by atoms with van der Waals surface area (Å²) in [4.78, 5) is 11.4. The fourth-order valence-corrected chi connectivity index (χ4v) is 4.03. The number of aliphatic carboxylic acids is 1. The molecule has 3 aromatic carbocycles. The average molecular weight is 414 g/mol. The van der Waals surface area contributed by atoms with E-state index in [1.165, 1.54) is 11.1 Å². The van der Waals surface area contributed by atoms with Gasteiger partial charge < -0.3 is 21.1 Å². The van der Waals surface area contributed by atoms with Crippen molar-refractivity contribution in [3.63, 3.8) is 0 Å². The average Bonchev–Trinajstić information content (AvgIpc) is 3.03. The minimum atomic E-state index is -0.840. The smallest absolute Gasteiger partial charge is 0.307 e. The Kier molecular flexibility index (Phi) is 5.42. The van der Waals surface area contributed by atoms with Crippen molar-refractivity contribution in [2.24, 2.45) is 0 Å². The molecular weight excluding hydrogens is 386 g/mol. The molecule has 4 aromatic rings. The number of hydrogen-bond acceptors (Lipinski definition) is 3. The lowest BCUT2D eigenvalue weighted by atomic mass is 10.0. The highest BCUT2D eigenvalue weighted by Crippen LogP contribution is 2.31. The van der Waals surface area contributed by atoms with Crippen molar-refractivity contribution in [1.82, 2.24) is 4.57 Å². The van der Waals surface area contributed by atoms with Gasteiger partial charge in [0.2, 0.25) is 0 Å².